The molecule has 2 rings (SSSR count). The van der Waals surface area contributed by atoms with E-state index in [1.165, 1.54) is 0 Å². The van der Waals surface area contributed by atoms with Crippen LogP contribution in [-0.2, 0) is 19.1 Å². The third kappa shape index (κ3) is 2.09. The number of hydrogen-bond acceptors (Lipinski definition) is 5. The van der Waals surface area contributed by atoms with E-state index in [-0.39, 0.29) is 13.0 Å². The first kappa shape index (κ1) is 12.6. The molecule has 0 unspecified atom stereocenters. The highest BCUT2D eigenvalue weighted by Crippen LogP contribution is 2.39. The molecule has 5 heteroatoms. The maximum atomic E-state index is 11.8. The first-order chi connectivity index (χ1) is 8.58. The molecule has 1 aliphatic rings. The summed E-state index contributed by atoms with van der Waals surface area (Å²) in [7, 11) is 0. The minimum Gasteiger partial charge on any atom is -0.464 e. The van der Waals surface area contributed by atoms with Gasteiger partial charge in [0.1, 0.15) is 0 Å². The van der Waals surface area contributed by atoms with Gasteiger partial charge in [-0.15, -0.1) is 0 Å². The highest BCUT2D eigenvalue weighted by Gasteiger charge is 2.55. The molecule has 2 atom stereocenters. The van der Waals surface area contributed by atoms with Crippen molar-refractivity contribution in [1.29, 1.82) is 0 Å². The Morgan fingerprint density at radius 2 is 2.17 bits per heavy atom. The number of cyclic esters (lactones) is 1. The van der Waals surface area contributed by atoms with Crippen molar-refractivity contribution < 1.29 is 24.2 Å². The van der Waals surface area contributed by atoms with Crippen molar-refractivity contribution in [2.24, 2.45) is 0 Å². The van der Waals surface area contributed by atoms with Crippen LogP contribution in [0, 0.1) is 0 Å². The Morgan fingerprint density at radius 1 is 1.50 bits per heavy atom. The van der Waals surface area contributed by atoms with Crippen LogP contribution in [0.15, 0.2) is 30.3 Å². The van der Waals surface area contributed by atoms with Gasteiger partial charge in [-0.25, -0.2) is 4.79 Å². The maximum Gasteiger partial charge on any atom is 0.343 e. The minimum absolute atomic E-state index is 0.136. The van der Waals surface area contributed by atoms with Crippen LogP contribution in [0.5, 0.6) is 0 Å². The second-order valence-corrected chi connectivity index (χ2v) is 4.10. The SMILES string of the molecule is CCOC(=O)[C@]1(O)CC(=O)O[C@H]1c1ccccc1. The highest BCUT2D eigenvalue weighted by atomic mass is 16.6. The largest absolute Gasteiger partial charge is 0.464 e. The predicted molar refractivity (Wildman–Crippen MR) is 61.5 cm³/mol. The Labute approximate surface area is 104 Å². The van der Waals surface area contributed by atoms with Gasteiger partial charge in [-0.1, -0.05) is 30.3 Å². The van der Waals surface area contributed by atoms with E-state index in [1.807, 2.05) is 0 Å². The van der Waals surface area contributed by atoms with Crippen LogP contribution in [0.3, 0.4) is 0 Å². The summed E-state index contributed by atoms with van der Waals surface area (Å²) in [6, 6.07) is 8.66. The number of benzene rings is 1. The van der Waals surface area contributed by atoms with Crippen molar-refractivity contribution in [1.82, 2.24) is 0 Å². The van der Waals surface area contributed by atoms with Gasteiger partial charge in [0.2, 0.25) is 5.60 Å². The Balaban J connectivity index is 2.33. The molecule has 0 aromatic heterocycles. The van der Waals surface area contributed by atoms with Gasteiger partial charge >= 0.3 is 11.9 Å². The van der Waals surface area contributed by atoms with E-state index in [9.17, 15) is 14.7 Å². The van der Waals surface area contributed by atoms with Crippen LogP contribution >= 0.6 is 0 Å². The number of ether oxygens (including phenoxy) is 2. The summed E-state index contributed by atoms with van der Waals surface area (Å²) in [5.74, 6) is -1.44. The van der Waals surface area contributed by atoms with Crippen molar-refractivity contribution in [2.45, 2.75) is 25.0 Å². The normalized spacial score (nSPS) is 26.8. The molecule has 0 bridgehead atoms. The molecule has 1 saturated heterocycles. The molecule has 0 radical (unpaired) electrons. The Kier molecular flexibility index (Phi) is 3.34. The maximum absolute atomic E-state index is 11.8. The van der Waals surface area contributed by atoms with Crippen molar-refractivity contribution >= 4 is 11.9 Å². The third-order valence-corrected chi connectivity index (χ3v) is 2.83. The van der Waals surface area contributed by atoms with Crippen LogP contribution in [0.4, 0.5) is 0 Å². The molecule has 1 aromatic carbocycles. The molecule has 1 heterocycles. The van der Waals surface area contributed by atoms with E-state index in [4.69, 9.17) is 9.47 Å². The second kappa shape index (κ2) is 4.78. The molecule has 0 spiro atoms. The van der Waals surface area contributed by atoms with Crippen molar-refractivity contribution in [3.05, 3.63) is 35.9 Å². The van der Waals surface area contributed by atoms with E-state index in [2.05, 4.69) is 0 Å². The number of esters is 2. The Morgan fingerprint density at radius 3 is 2.78 bits per heavy atom. The van der Waals surface area contributed by atoms with E-state index in [1.54, 1.807) is 37.3 Å². The quantitative estimate of drug-likeness (QED) is 0.809. The van der Waals surface area contributed by atoms with Crippen LogP contribution in [0.25, 0.3) is 0 Å². The zero-order valence-electron chi connectivity index (χ0n) is 9.96. The van der Waals surface area contributed by atoms with Gasteiger partial charge in [0, 0.05) is 0 Å². The topological polar surface area (TPSA) is 72.8 Å². The molecule has 1 aliphatic heterocycles. The fourth-order valence-corrected chi connectivity index (χ4v) is 1.99. The van der Waals surface area contributed by atoms with E-state index >= 15 is 0 Å². The average molecular weight is 250 g/mol. The summed E-state index contributed by atoms with van der Waals surface area (Å²) in [6.07, 6.45) is -1.39. The lowest BCUT2D eigenvalue weighted by molar-refractivity contribution is -0.171. The number of hydrogen-bond donors (Lipinski definition) is 1. The summed E-state index contributed by atoms with van der Waals surface area (Å²) < 4.78 is 9.85. The number of carbonyl (C=O) groups is 2. The lowest BCUT2D eigenvalue weighted by atomic mass is 9.90. The van der Waals surface area contributed by atoms with Crippen LogP contribution in [0.2, 0.25) is 0 Å². The molecule has 0 aliphatic carbocycles. The summed E-state index contributed by atoms with van der Waals surface area (Å²) in [4.78, 5) is 23.2. The Bertz CT molecular complexity index is 456. The first-order valence-corrected chi connectivity index (χ1v) is 5.72. The van der Waals surface area contributed by atoms with E-state index < -0.39 is 23.6 Å². The van der Waals surface area contributed by atoms with Crippen molar-refractivity contribution in [3.63, 3.8) is 0 Å². The summed E-state index contributed by atoms with van der Waals surface area (Å²) in [5, 5.41) is 10.4. The summed E-state index contributed by atoms with van der Waals surface area (Å²) in [5.41, 5.74) is -1.37. The fraction of sp³-hybridized carbons (Fsp3) is 0.385. The van der Waals surface area contributed by atoms with Gasteiger partial charge < -0.3 is 14.6 Å². The summed E-state index contributed by atoms with van der Waals surface area (Å²) in [6.45, 7) is 1.77. The zero-order valence-corrected chi connectivity index (χ0v) is 9.96. The molecule has 1 N–H and O–H groups in total. The third-order valence-electron chi connectivity index (χ3n) is 2.83. The zero-order chi connectivity index (χ0) is 13.2. The monoisotopic (exact) mass is 250 g/mol. The molecule has 1 aromatic rings. The molecule has 5 nitrogen and oxygen atoms in total. The van der Waals surface area contributed by atoms with Crippen LogP contribution in [0.1, 0.15) is 25.0 Å². The van der Waals surface area contributed by atoms with Gasteiger partial charge in [0.25, 0.3) is 0 Å². The molecular formula is C13H14O5. The van der Waals surface area contributed by atoms with Crippen LogP contribution < -0.4 is 0 Å². The van der Waals surface area contributed by atoms with Gasteiger partial charge in [-0.3, -0.25) is 4.79 Å². The summed E-state index contributed by atoms with van der Waals surface area (Å²) >= 11 is 0. The predicted octanol–water partition coefficient (Wildman–Crippen LogP) is 0.969. The lowest BCUT2D eigenvalue weighted by Crippen LogP contribution is -2.42. The average Bonchev–Trinajstić information content (AvgIpc) is 2.67. The second-order valence-electron chi connectivity index (χ2n) is 4.10. The fourth-order valence-electron chi connectivity index (χ4n) is 1.99. The molecule has 0 amide bonds. The number of rotatable bonds is 3. The minimum atomic E-state index is -1.94. The van der Waals surface area contributed by atoms with Gasteiger partial charge in [0.15, 0.2) is 6.10 Å². The van der Waals surface area contributed by atoms with Gasteiger partial charge in [-0.05, 0) is 12.5 Å². The van der Waals surface area contributed by atoms with Gasteiger partial charge in [-0.2, -0.15) is 0 Å². The van der Waals surface area contributed by atoms with Crippen molar-refractivity contribution in [3.8, 4) is 0 Å². The molecule has 1 fully saturated rings. The molecular weight excluding hydrogens is 236 g/mol. The van der Waals surface area contributed by atoms with Crippen LogP contribution in [-0.4, -0.2) is 29.3 Å². The Hall–Kier alpha value is -1.88. The number of carbonyl (C=O) groups excluding carboxylic acids is 2. The van der Waals surface area contributed by atoms with Gasteiger partial charge in [0.05, 0.1) is 13.0 Å². The molecule has 96 valence electrons. The smallest absolute Gasteiger partial charge is 0.343 e. The lowest BCUT2D eigenvalue weighted by Gasteiger charge is -2.24. The molecule has 0 saturated carbocycles. The first-order valence-electron chi connectivity index (χ1n) is 5.72. The standard InChI is InChI=1S/C13H14O5/c1-2-17-12(15)13(16)8-10(14)18-11(13)9-6-4-3-5-7-9/h3-7,11,16H,2,8H2,1H3/t11-,13-/m0/s1. The van der Waals surface area contributed by atoms with Crippen molar-refractivity contribution in [2.75, 3.05) is 6.61 Å². The molecule has 18 heavy (non-hydrogen) atoms. The number of aliphatic hydroxyl groups is 1. The van der Waals surface area contributed by atoms with E-state index in [0.29, 0.717) is 5.56 Å². The van der Waals surface area contributed by atoms with E-state index in [0.717, 1.165) is 0 Å². The highest BCUT2D eigenvalue weighted by molar-refractivity contribution is 5.89.